The summed E-state index contributed by atoms with van der Waals surface area (Å²) in [4.78, 5) is 20.8. The van der Waals surface area contributed by atoms with E-state index in [-0.39, 0.29) is 5.91 Å². The number of hydrogen-bond donors (Lipinski definition) is 1. The van der Waals surface area contributed by atoms with Gasteiger partial charge < -0.3 is 10.1 Å². The number of ether oxygens (including phenoxy) is 1. The topological polar surface area (TPSA) is 54.5 Å². The Morgan fingerprint density at radius 3 is 2.50 bits per heavy atom. The maximum Gasteiger partial charge on any atom is 0.254 e. The summed E-state index contributed by atoms with van der Waals surface area (Å²) in [6.45, 7) is 4.80. The molecule has 5 nitrogen and oxygen atoms in total. The Bertz CT molecular complexity index is 975. The summed E-state index contributed by atoms with van der Waals surface area (Å²) in [5.41, 5.74) is 2.97. The Labute approximate surface area is 181 Å². The number of rotatable bonds is 7. The number of hydrogen-bond acceptors (Lipinski definition) is 5. The van der Waals surface area contributed by atoms with E-state index >= 15 is 0 Å². The van der Waals surface area contributed by atoms with E-state index in [9.17, 15) is 4.79 Å². The van der Waals surface area contributed by atoms with Crippen LogP contribution >= 0.6 is 11.8 Å². The second-order valence-corrected chi connectivity index (χ2v) is 8.17. The first-order valence-electron chi connectivity index (χ1n) is 10.1. The second kappa shape index (κ2) is 10.4. The molecule has 1 aliphatic rings. The zero-order chi connectivity index (χ0) is 20.6. The standard InChI is InChI=1S/C24H25N3O2S/c28-23(22-11-6-12-25-24(22)30-21-9-2-1-3-10-21)26-17-19-7-4-5-8-20(19)18-27-13-15-29-16-14-27/h1-12H,13-18H2,(H,26,28). The number of morpholine rings is 1. The summed E-state index contributed by atoms with van der Waals surface area (Å²) in [6, 6.07) is 21.9. The molecule has 3 aromatic rings. The molecule has 0 radical (unpaired) electrons. The first-order valence-corrected chi connectivity index (χ1v) is 10.9. The van der Waals surface area contributed by atoms with Gasteiger partial charge in [0.15, 0.2) is 0 Å². The molecule has 0 saturated carbocycles. The Hall–Kier alpha value is -2.67. The first-order chi connectivity index (χ1) is 14.8. The molecule has 0 aliphatic carbocycles. The van der Waals surface area contributed by atoms with E-state index in [1.807, 2.05) is 42.5 Å². The van der Waals surface area contributed by atoms with Gasteiger partial charge in [0.2, 0.25) is 0 Å². The lowest BCUT2D eigenvalue weighted by atomic mass is 10.1. The highest BCUT2D eigenvalue weighted by atomic mass is 32.2. The van der Waals surface area contributed by atoms with Crippen molar-refractivity contribution in [2.75, 3.05) is 26.3 Å². The SMILES string of the molecule is O=C(NCc1ccccc1CN1CCOCC1)c1cccnc1Sc1ccccc1. The molecule has 1 amide bonds. The normalized spacial score (nSPS) is 14.4. The number of amides is 1. The monoisotopic (exact) mass is 419 g/mol. The minimum Gasteiger partial charge on any atom is -0.379 e. The number of nitrogens with zero attached hydrogens (tertiary/aromatic N) is 2. The summed E-state index contributed by atoms with van der Waals surface area (Å²) >= 11 is 1.50. The Morgan fingerprint density at radius 2 is 1.70 bits per heavy atom. The fourth-order valence-electron chi connectivity index (χ4n) is 3.40. The predicted molar refractivity (Wildman–Crippen MR) is 119 cm³/mol. The summed E-state index contributed by atoms with van der Waals surface area (Å²) in [5, 5.41) is 3.79. The van der Waals surface area contributed by atoms with Crippen molar-refractivity contribution in [2.24, 2.45) is 0 Å². The van der Waals surface area contributed by atoms with Gasteiger partial charge in [0.05, 0.1) is 18.8 Å². The summed E-state index contributed by atoms with van der Waals surface area (Å²) < 4.78 is 5.44. The van der Waals surface area contributed by atoms with E-state index in [1.165, 1.54) is 17.3 Å². The van der Waals surface area contributed by atoms with Crippen LogP contribution in [-0.4, -0.2) is 42.1 Å². The number of carbonyl (C=O) groups is 1. The van der Waals surface area contributed by atoms with Gasteiger partial charge in [-0.05, 0) is 35.4 Å². The fourth-order valence-corrected chi connectivity index (χ4v) is 4.30. The number of aromatic nitrogens is 1. The average Bonchev–Trinajstić information content (AvgIpc) is 2.80. The van der Waals surface area contributed by atoms with E-state index in [0.717, 1.165) is 43.3 Å². The van der Waals surface area contributed by atoms with E-state index in [0.29, 0.717) is 17.1 Å². The summed E-state index contributed by atoms with van der Waals surface area (Å²) in [5.74, 6) is -0.109. The molecule has 1 aliphatic heterocycles. The quantitative estimate of drug-likeness (QED) is 0.627. The first kappa shape index (κ1) is 20.6. The van der Waals surface area contributed by atoms with Crippen LogP contribution in [0.15, 0.2) is 82.8 Å². The van der Waals surface area contributed by atoms with Gasteiger partial charge >= 0.3 is 0 Å². The number of pyridine rings is 1. The molecule has 154 valence electrons. The van der Waals surface area contributed by atoms with Gasteiger partial charge in [0, 0.05) is 37.3 Å². The third-order valence-corrected chi connectivity index (χ3v) is 6.06. The van der Waals surface area contributed by atoms with Crippen LogP contribution in [0.5, 0.6) is 0 Å². The van der Waals surface area contributed by atoms with Gasteiger partial charge in [-0.25, -0.2) is 4.98 Å². The Morgan fingerprint density at radius 1 is 0.967 bits per heavy atom. The number of nitrogens with one attached hydrogen (secondary N) is 1. The molecule has 1 saturated heterocycles. The van der Waals surface area contributed by atoms with Crippen molar-refractivity contribution in [1.29, 1.82) is 0 Å². The van der Waals surface area contributed by atoms with Crippen molar-refractivity contribution in [3.05, 3.63) is 89.6 Å². The zero-order valence-corrected chi connectivity index (χ0v) is 17.6. The van der Waals surface area contributed by atoms with Crippen molar-refractivity contribution in [2.45, 2.75) is 23.0 Å². The molecule has 0 atom stereocenters. The van der Waals surface area contributed by atoms with Crippen LogP contribution in [0.2, 0.25) is 0 Å². The molecule has 4 rings (SSSR count). The lowest BCUT2D eigenvalue weighted by molar-refractivity contribution is 0.0340. The fraction of sp³-hybridized carbons (Fsp3) is 0.250. The average molecular weight is 420 g/mol. The molecular formula is C24H25N3O2S. The zero-order valence-electron chi connectivity index (χ0n) is 16.8. The summed E-state index contributed by atoms with van der Waals surface area (Å²) in [6.07, 6.45) is 1.72. The van der Waals surface area contributed by atoms with E-state index in [2.05, 4.69) is 33.4 Å². The van der Waals surface area contributed by atoms with Crippen LogP contribution in [0.4, 0.5) is 0 Å². The lowest BCUT2D eigenvalue weighted by Crippen LogP contribution is -2.36. The van der Waals surface area contributed by atoms with E-state index < -0.39 is 0 Å². The van der Waals surface area contributed by atoms with Crippen LogP contribution in [0.3, 0.4) is 0 Å². The molecule has 2 heterocycles. The molecule has 0 spiro atoms. The maximum atomic E-state index is 12.9. The van der Waals surface area contributed by atoms with Crippen LogP contribution in [0.1, 0.15) is 21.5 Å². The smallest absolute Gasteiger partial charge is 0.254 e. The van der Waals surface area contributed by atoms with Crippen LogP contribution in [-0.2, 0) is 17.8 Å². The number of benzene rings is 2. The third-order valence-electron chi connectivity index (χ3n) is 5.03. The van der Waals surface area contributed by atoms with Crippen molar-refractivity contribution in [3.63, 3.8) is 0 Å². The number of carbonyl (C=O) groups excluding carboxylic acids is 1. The van der Waals surface area contributed by atoms with Gasteiger partial charge in [-0.3, -0.25) is 9.69 Å². The van der Waals surface area contributed by atoms with Crippen LogP contribution in [0.25, 0.3) is 0 Å². The molecular weight excluding hydrogens is 394 g/mol. The highest BCUT2D eigenvalue weighted by Gasteiger charge is 2.15. The largest absolute Gasteiger partial charge is 0.379 e. The molecule has 1 N–H and O–H groups in total. The minimum absolute atomic E-state index is 0.109. The van der Waals surface area contributed by atoms with Crippen LogP contribution < -0.4 is 5.32 Å². The van der Waals surface area contributed by atoms with E-state index in [1.54, 1.807) is 12.3 Å². The minimum atomic E-state index is -0.109. The molecule has 6 heteroatoms. The van der Waals surface area contributed by atoms with Crippen LogP contribution in [0, 0.1) is 0 Å². The van der Waals surface area contributed by atoms with Gasteiger partial charge in [-0.2, -0.15) is 0 Å². The van der Waals surface area contributed by atoms with E-state index in [4.69, 9.17) is 4.74 Å². The second-order valence-electron chi connectivity index (χ2n) is 7.11. The Kier molecular flexibility index (Phi) is 7.13. The van der Waals surface area contributed by atoms with Crippen molar-refractivity contribution >= 4 is 17.7 Å². The highest BCUT2D eigenvalue weighted by molar-refractivity contribution is 7.99. The predicted octanol–water partition coefficient (Wildman–Crippen LogP) is 4.00. The lowest BCUT2D eigenvalue weighted by Gasteiger charge is -2.27. The van der Waals surface area contributed by atoms with Crippen molar-refractivity contribution in [1.82, 2.24) is 15.2 Å². The summed E-state index contributed by atoms with van der Waals surface area (Å²) in [7, 11) is 0. The van der Waals surface area contributed by atoms with Gasteiger partial charge in [0.1, 0.15) is 5.03 Å². The Balaban J connectivity index is 1.43. The third kappa shape index (κ3) is 5.48. The van der Waals surface area contributed by atoms with Gasteiger partial charge in [-0.15, -0.1) is 0 Å². The molecule has 1 fully saturated rings. The van der Waals surface area contributed by atoms with Crippen molar-refractivity contribution in [3.8, 4) is 0 Å². The molecule has 30 heavy (non-hydrogen) atoms. The molecule has 0 bridgehead atoms. The van der Waals surface area contributed by atoms with Crippen molar-refractivity contribution < 1.29 is 9.53 Å². The maximum absolute atomic E-state index is 12.9. The molecule has 0 unspecified atom stereocenters. The molecule has 1 aromatic heterocycles. The highest BCUT2D eigenvalue weighted by Crippen LogP contribution is 2.28. The van der Waals surface area contributed by atoms with Gasteiger partial charge in [0.25, 0.3) is 5.91 Å². The van der Waals surface area contributed by atoms with Gasteiger partial charge in [-0.1, -0.05) is 54.2 Å². The molecule has 2 aromatic carbocycles.